The molecule has 0 aliphatic heterocycles. The van der Waals surface area contributed by atoms with E-state index in [1.807, 2.05) is 19.1 Å². The molecule has 1 aromatic carbocycles. The highest BCUT2D eigenvalue weighted by Gasteiger charge is 2.13. The molecule has 0 fully saturated rings. The second-order valence-electron chi connectivity index (χ2n) is 5.65. The monoisotopic (exact) mass is 260 g/mol. The molecule has 0 saturated carbocycles. The second kappa shape index (κ2) is 7.16. The van der Waals surface area contributed by atoms with E-state index in [0.717, 1.165) is 12.3 Å². The van der Waals surface area contributed by atoms with Gasteiger partial charge in [0.05, 0.1) is 18.7 Å². The molecule has 3 heteroatoms. The number of rotatable bonds is 6. The van der Waals surface area contributed by atoms with E-state index >= 15 is 0 Å². The SMILES string of the molecule is CCNC(C#N)CCOc1ccc(C(C)(C)C)cc1. The van der Waals surface area contributed by atoms with Crippen LogP contribution in [0.4, 0.5) is 0 Å². The lowest BCUT2D eigenvalue weighted by molar-refractivity contribution is 0.298. The Morgan fingerprint density at radius 3 is 2.37 bits per heavy atom. The van der Waals surface area contributed by atoms with Crippen LogP contribution in [0.3, 0.4) is 0 Å². The van der Waals surface area contributed by atoms with Gasteiger partial charge >= 0.3 is 0 Å². The van der Waals surface area contributed by atoms with Crippen molar-refractivity contribution in [3.05, 3.63) is 29.8 Å². The number of benzene rings is 1. The Kier molecular flexibility index (Phi) is 5.85. The number of nitrogens with one attached hydrogen (secondary N) is 1. The number of nitrogens with zero attached hydrogens (tertiary/aromatic N) is 1. The van der Waals surface area contributed by atoms with Crippen LogP contribution in [-0.2, 0) is 5.41 Å². The minimum absolute atomic E-state index is 0.126. The van der Waals surface area contributed by atoms with E-state index in [2.05, 4.69) is 44.3 Å². The molecule has 0 radical (unpaired) electrons. The molecular formula is C16H24N2O. The quantitative estimate of drug-likeness (QED) is 0.854. The first-order chi connectivity index (χ1) is 8.97. The Labute approximate surface area is 116 Å². The molecule has 0 bridgehead atoms. The predicted molar refractivity (Wildman–Crippen MR) is 78.3 cm³/mol. The second-order valence-corrected chi connectivity index (χ2v) is 5.65. The van der Waals surface area contributed by atoms with Crippen LogP contribution in [0.5, 0.6) is 5.75 Å². The number of nitriles is 1. The Morgan fingerprint density at radius 1 is 1.26 bits per heavy atom. The van der Waals surface area contributed by atoms with Crippen LogP contribution >= 0.6 is 0 Å². The van der Waals surface area contributed by atoms with Crippen molar-refractivity contribution in [2.75, 3.05) is 13.2 Å². The summed E-state index contributed by atoms with van der Waals surface area (Å²) >= 11 is 0. The molecule has 1 unspecified atom stereocenters. The average molecular weight is 260 g/mol. The van der Waals surface area contributed by atoms with Crippen LogP contribution in [0.2, 0.25) is 0 Å². The molecule has 1 aromatic rings. The zero-order valence-electron chi connectivity index (χ0n) is 12.4. The Morgan fingerprint density at radius 2 is 1.89 bits per heavy atom. The highest BCUT2D eigenvalue weighted by atomic mass is 16.5. The topological polar surface area (TPSA) is 45.0 Å². The first kappa shape index (κ1) is 15.5. The Balaban J connectivity index is 2.45. The molecule has 19 heavy (non-hydrogen) atoms. The highest BCUT2D eigenvalue weighted by molar-refractivity contribution is 5.31. The number of hydrogen-bond acceptors (Lipinski definition) is 3. The van der Waals surface area contributed by atoms with Crippen LogP contribution in [0.1, 0.15) is 39.7 Å². The van der Waals surface area contributed by atoms with Crippen LogP contribution in [-0.4, -0.2) is 19.2 Å². The van der Waals surface area contributed by atoms with E-state index in [0.29, 0.717) is 13.0 Å². The van der Waals surface area contributed by atoms with Gasteiger partial charge in [-0.15, -0.1) is 0 Å². The van der Waals surface area contributed by atoms with E-state index in [1.165, 1.54) is 5.56 Å². The molecule has 1 N–H and O–H groups in total. The summed E-state index contributed by atoms with van der Waals surface area (Å²) in [7, 11) is 0. The Hall–Kier alpha value is -1.53. The minimum atomic E-state index is -0.126. The van der Waals surface area contributed by atoms with Gasteiger partial charge < -0.3 is 10.1 Å². The van der Waals surface area contributed by atoms with Crippen LogP contribution in [0.15, 0.2) is 24.3 Å². The summed E-state index contributed by atoms with van der Waals surface area (Å²) in [5, 5.41) is 12.0. The van der Waals surface area contributed by atoms with Crippen molar-refractivity contribution in [1.82, 2.24) is 5.32 Å². The maximum absolute atomic E-state index is 8.91. The summed E-state index contributed by atoms with van der Waals surface area (Å²) in [4.78, 5) is 0. The molecule has 1 atom stereocenters. The molecular weight excluding hydrogens is 236 g/mol. The number of ether oxygens (including phenoxy) is 1. The first-order valence-corrected chi connectivity index (χ1v) is 6.83. The van der Waals surface area contributed by atoms with Gasteiger partial charge in [0.25, 0.3) is 0 Å². The molecule has 0 saturated heterocycles. The Bertz CT molecular complexity index is 412. The molecule has 104 valence electrons. The summed E-state index contributed by atoms with van der Waals surface area (Å²) in [5.41, 5.74) is 1.46. The van der Waals surface area contributed by atoms with Gasteiger partial charge in [0.2, 0.25) is 0 Å². The molecule has 0 amide bonds. The van der Waals surface area contributed by atoms with Crippen molar-refractivity contribution in [1.29, 1.82) is 5.26 Å². The van der Waals surface area contributed by atoms with E-state index in [-0.39, 0.29) is 11.5 Å². The van der Waals surface area contributed by atoms with Crippen molar-refractivity contribution < 1.29 is 4.74 Å². The van der Waals surface area contributed by atoms with E-state index < -0.39 is 0 Å². The largest absolute Gasteiger partial charge is 0.493 e. The maximum Gasteiger partial charge on any atom is 0.119 e. The first-order valence-electron chi connectivity index (χ1n) is 6.83. The van der Waals surface area contributed by atoms with E-state index in [4.69, 9.17) is 10.00 Å². The van der Waals surface area contributed by atoms with Crippen molar-refractivity contribution in [2.45, 2.75) is 45.6 Å². The molecule has 0 aliphatic carbocycles. The zero-order chi connectivity index (χ0) is 14.3. The highest BCUT2D eigenvalue weighted by Crippen LogP contribution is 2.24. The van der Waals surface area contributed by atoms with Gasteiger partial charge in [-0.3, -0.25) is 0 Å². The maximum atomic E-state index is 8.91. The lowest BCUT2D eigenvalue weighted by Gasteiger charge is -2.19. The van der Waals surface area contributed by atoms with Crippen molar-refractivity contribution >= 4 is 0 Å². The van der Waals surface area contributed by atoms with Crippen LogP contribution in [0.25, 0.3) is 0 Å². The third-order valence-electron chi connectivity index (χ3n) is 3.00. The summed E-state index contributed by atoms with van der Waals surface area (Å²) in [6, 6.07) is 10.3. The van der Waals surface area contributed by atoms with Crippen molar-refractivity contribution in [2.24, 2.45) is 0 Å². The van der Waals surface area contributed by atoms with Crippen LogP contribution < -0.4 is 10.1 Å². The van der Waals surface area contributed by atoms with Gasteiger partial charge in [-0.25, -0.2) is 0 Å². The van der Waals surface area contributed by atoms with Gasteiger partial charge in [-0.1, -0.05) is 39.8 Å². The summed E-state index contributed by atoms with van der Waals surface area (Å²) in [6.07, 6.45) is 0.700. The van der Waals surface area contributed by atoms with Gasteiger partial charge in [0, 0.05) is 6.42 Å². The molecule has 1 rings (SSSR count). The molecule has 3 nitrogen and oxygen atoms in total. The fraction of sp³-hybridized carbons (Fsp3) is 0.562. The van der Waals surface area contributed by atoms with E-state index in [1.54, 1.807) is 0 Å². The fourth-order valence-electron chi connectivity index (χ4n) is 1.80. The molecule has 0 aromatic heterocycles. The molecule has 0 aliphatic rings. The lowest BCUT2D eigenvalue weighted by Crippen LogP contribution is -2.28. The van der Waals surface area contributed by atoms with Crippen LogP contribution in [0, 0.1) is 11.3 Å². The van der Waals surface area contributed by atoms with E-state index in [9.17, 15) is 0 Å². The van der Waals surface area contributed by atoms with Crippen molar-refractivity contribution in [3.63, 3.8) is 0 Å². The summed E-state index contributed by atoms with van der Waals surface area (Å²) in [5.74, 6) is 0.862. The van der Waals surface area contributed by atoms with Gasteiger partial charge in [0.1, 0.15) is 5.75 Å². The predicted octanol–water partition coefficient (Wildman–Crippen LogP) is 3.25. The third kappa shape index (κ3) is 5.32. The zero-order valence-corrected chi connectivity index (χ0v) is 12.4. The average Bonchev–Trinajstić information content (AvgIpc) is 2.37. The normalized spacial score (nSPS) is 12.8. The van der Waals surface area contributed by atoms with Gasteiger partial charge in [-0.2, -0.15) is 5.26 Å². The molecule has 0 heterocycles. The minimum Gasteiger partial charge on any atom is -0.493 e. The molecule has 0 spiro atoms. The summed E-state index contributed by atoms with van der Waals surface area (Å²) in [6.45, 7) is 9.93. The third-order valence-corrected chi connectivity index (χ3v) is 3.00. The lowest BCUT2D eigenvalue weighted by atomic mass is 9.87. The smallest absolute Gasteiger partial charge is 0.119 e. The number of hydrogen-bond donors (Lipinski definition) is 1. The van der Waals surface area contributed by atoms with Gasteiger partial charge in [-0.05, 0) is 29.7 Å². The van der Waals surface area contributed by atoms with Crippen molar-refractivity contribution in [3.8, 4) is 11.8 Å². The fourth-order valence-corrected chi connectivity index (χ4v) is 1.80. The standard InChI is InChI=1S/C16H24N2O/c1-5-18-14(12-17)10-11-19-15-8-6-13(7-9-15)16(2,3)4/h6-9,14,18H,5,10-11H2,1-4H3. The summed E-state index contributed by atoms with van der Waals surface area (Å²) < 4.78 is 5.66. The van der Waals surface area contributed by atoms with Gasteiger partial charge in [0.15, 0.2) is 0 Å².